The van der Waals surface area contributed by atoms with E-state index in [0.717, 1.165) is 5.69 Å². The van der Waals surface area contributed by atoms with Crippen LogP contribution in [-0.2, 0) is 4.79 Å². The summed E-state index contributed by atoms with van der Waals surface area (Å²) >= 11 is 18.0. The Labute approximate surface area is 150 Å². The van der Waals surface area contributed by atoms with Crippen LogP contribution in [0.3, 0.4) is 0 Å². The van der Waals surface area contributed by atoms with E-state index in [1.54, 1.807) is 11.5 Å². The Morgan fingerprint density at radius 2 is 1.65 bits per heavy atom. The minimum absolute atomic E-state index is 0.223. The van der Waals surface area contributed by atoms with Gasteiger partial charge in [-0.25, -0.2) is 0 Å². The molecule has 0 aliphatic carbocycles. The van der Waals surface area contributed by atoms with E-state index in [1.807, 2.05) is 43.5 Å². The van der Waals surface area contributed by atoms with Gasteiger partial charge in [0.15, 0.2) is 12.4 Å². The number of pyridine rings is 1. The van der Waals surface area contributed by atoms with Crippen molar-refractivity contribution < 1.29 is 9.36 Å². The van der Waals surface area contributed by atoms with Crippen LogP contribution in [0.25, 0.3) is 0 Å². The summed E-state index contributed by atoms with van der Waals surface area (Å²) in [5, 5.41) is 3.77. The highest BCUT2D eigenvalue weighted by Gasteiger charge is 2.23. The summed E-state index contributed by atoms with van der Waals surface area (Å²) < 4.78 is 1.81. The van der Waals surface area contributed by atoms with Gasteiger partial charge < -0.3 is 10.2 Å². The molecule has 0 aliphatic heterocycles. The summed E-state index contributed by atoms with van der Waals surface area (Å²) in [5.41, 5.74) is 1.41. The van der Waals surface area contributed by atoms with Crippen molar-refractivity contribution in [1.82, 2.24) is 0 Å². The van der Waals surface area contributed by atoms with E-state index in [1.165, 1.54) is 12.1 Å². The number of nitrogens with zero attached hydrogens (tertiary/aromatic N) is 2. The molecular formula is C16H17Cl3N3O+. The highest BCUT2D eigenvalue weighted by molar-refractivity contribution is 6.42. The molecule has 0 unspecified atom stereocenters. The van der Waals surface area contributed by atoms with Crippen LogP contribution in [0.5, 0.6) is 0 Å². The van der Waals surface area contributed by atoms with Gasteiger partial charge in [0, 0.05) is 43.9 Å². The van der Waals surface area contributed by atoms with Crippen LogP contribution < -0.4 is 14.8 Å². The molecule has 23 heavy (non-hydrogen) atoms. The Hall–Kier alpha value is -1.49. The first-order chi connectivity index (χ1) is 10.8. The highest BCUT2D eigenvalue weighted by Crippen LogP contribution is 2.33. The minimum atomic E-state index is -0.422. The van der Waals surface area contributed by atoms with E-state index >= 15 is 0 Å². The summed E-state index contributed by atoms with van der Waals surface area (Å²) in [6.45, 7) is 1.79. The van der Waals surface area contributed by atoms with Crippen molar-refractivity contribution >= 4 is 52.1 Å². The van der Waals surface area contributed by atoms with Gasteiger partial charge in [0.1, 0.15) is 0 Å². The van der Waals surface area contributed by atoms with Crippen molar-refractivity contribution in [2.45, 2.75) is 13.0 Å². The zero-order valence-electron chi connectivity index (χ0n) is 13.0. The predicted molar refractivity (Wildman–Crippen MR) is 95.8 cm³/mol. The number of amides is 1. The number of carbonyl (C=O) groups excluding carboxylic acids is 1. The Balaban J connectivity index is 2.17. The van der Waals surface area contributed by atoms with Gasteiger partial charge in [-0.05, 0) is 12.1 Å². The summed E-state index contributed by atoms with van der Waals surface area (Å²) in [5.74, 6) is -0.223. The number of rotatable bonds is 4. The molecule has 0 radical (unpaired) electrons. The average Bonchev–Trinajstić information content (AvgIpc) is 2.50. The smallest absolute Gasteiger partial charge is 0.293 e. The molecule has 4 nitrogen and oxygen atoms in total. The maximum atomic E-state index is 12.4. The van der Waals surface area contributed by atoms with Gasteiger partial charge in [0.25, 0.3) is 5.91 Å². The molecule has 0 aliphatic rings. The molecular weight excluding hydrogens is 357 g/mol. The molecule has 1 aromatic heterocycles. The summed E-state index contributed by atoms with van der Waals surface area (Å²) in [7, 11) is 3.92. The van der Waals surface area contributed by atoms with E-state index in [-0.39, 0.29) is 5.91 Å². The number of anilines is 2. The first-order valence-corrected chi connectivity index (χ1v) is 8.06. The molecule has 1 N–H and O–H groups in total. The van der Waals surface area contributed by atoms with E-state index in [4.69, 9.17) is 34.8 Å². The second-order valence-electron chi connectivity index (χ2n) is 5.31. The fourth-order valence-corrected chi connectivity index (χ4v) is 2.92. The summed E-state index contributed by atoms with van der Waals surface area (Å²) in [4.78, 5) is 14.4. The SMILES string of the molecule is C[C@H](C(=O)Nc1c(Cl)cc(Cl)cc1Cl)[n+]1ccc(N(C)C)cc1. The Kier molecular flexibility index (Phi) is 5.74. The fourth-order valence-electron chi connectivity index (χ4n) is 2.01. The standard InChI is InChI=1S/C16H16Cl3N3O/c1-10(22-6-4-12(5-7-22)21(2)3)16(23)20-15-13(18)8-11(17)9-14(15)19/h4-10H,1-3H3/p+1/t10-/m1/s1. The number of nitrogens with one attached hydrogen (secondary N) is 1. The summed E-state index contributed by atoms with van der Waals surface area (Å²) in [6.07, 6.45) is 3.70. The average molecular weight is 374 g/mol. The number of carbonyl (C=O) groups is 1. The minimum Gasteiger partial charge on any atom is -0.377 e. The lowest BCUT2D eigenvalue weighted by Gasteiger charge is -2.13. The van der Waals surface area contributed by atoms with Crippen molar-refractivity contribution in [2.24, 2.45) is 0 Å². The lowest BCUT2D eigenvalue weighted by atomic mass is 10.2. The highest BCUT2D eigenvalue weighted by atomic mass is 35.5. The van der Waals surface area contributed by atoms with Crippen molar-refractivity contribution in [3.05, 3.63) is 51.7 Å². The number of hydrogen-bond donors (Lipinski definition) is 1. The molecule has 0 saturated heterocycles. The second-order valence-corrected chi connectivity index (χ2v) is 6.56. The Morgan fingerprint density at radius 3 is 2.13 bits per heavy atom. The number of halogens is 3. The van der Waals surface area contributed by atoms with E-state index in [2.05, 4.69) is 5.32 Å². The second kappa shape index (κ2) is 7.39. The van der Waals surface area contributed by atoms with Crippen LogP contribution >= 0.6 is 34.8 Å². The largest absolute Gasteiger partial charge is 0.377 e. The van der Waals surface area contributed by atoms with Crippen LogP contribution in [0.15, 0.2) is 36.7 Å². The van der Waals surface area contributed by atoms with Gasteiger partial charge in [-0.3, -0.25) is 4.79 Å². The van der Waals surface area contributed by atoms with Gasteiger partial charge in [0.2, 0.25) is 6.04 Å². The molecule has 0 spiro atoms. The molecule has 1 aromatic carbocycles. The third-order valence-electron chi connectivity index (χ3n) is 3.43. The van der Waals surface area contributed by atoms with E-state index in [0.29, 0.717) is 20.8 Å². The van der Waals surface area contributed by atoms with E-state index in [9.17, 15) is 4.79 Å². The number of benzene rings is 1. The lowest BCUT2D eigenvalue weighted by molar-refractivity contribution is -0.705. The van der Waals surface area contributed by atoms with Crippen molar-refractivity contribution in [1.29, 1.82) is 0 Å². The molecule has 1 heterocycles. The van der Waals surface area contributed by atoms with Crippen molar-refractivity contribution in [3.8, 4) is 0 Å². The number of hydrogen-bond acceptors (Lipinski definition) is 2. The zero-order chi connectivity index (χ0) is 17.1. The Morgan fingerprint density at radius 1 is 1.13 bits per heavy atom. The predicted octanol–water partition coefficient (Wildman–Crippen LogP) is 4.20. The van der Waals surface area contributed by atoms with Crippen molar-refractivity contribution in [3.63, 3.8) is 0 Å². The maximum absolute atomic E-state index is 12.4. The molecule has 1 atom stereocenters. The van der Waals surface area contributed by atoms with Crippen LogP contribution in [-0.4, -0.2) is 20.0 Å². The lowest BCUT2D eigenvalue weighted by Crippen LogP contribution is -2.44. The molecule has 122 valence electrons. The number of aromatic nitrogens is 1. The first-order valence-electron chi connectivity index (χ1n) is 6.93. The van der Waals surface area contributed by atoms with Gasteiger partial charge in [-0.1, -0.05) is 34.8 Å². The van der Waals surface area contributed by atoms with E-state index < -0.39 is 6.04 Å². The van der Waals surface area contributed by atoms with Gasteiger partial charge in [0.05, 0.1) is 15.7 Å². The first kappa shape index (κ1) is 17.9. The van der Waals surface area contributed by atoms with Gasteiger partial charge >= 0.3 is 0 Å². The molecule has 0 fully saturated rings. The van der Waals surface area contributed by atoms with Crippen molar-refractivity contribution in [2.75, 3.05) is 24.3 Å². The Bertz CT molecular complexity index is 694. The van der Waals surface area contributed by atoms with Gasteiger partial charge in [-0.15, -0.1) is 0 Å². The van der Waals surface area contributed by atoms with Gasteiger partial charge in [-0.2, -0.15) is 4.57 Å². The maximum Gasteiger partial charge on any atom is 0.293 e. The van der Waals surface area contributed by atoms with Crippen LogP contribution in [0, 0.1) is 0 Å². The molecule has 7 heteroatoms. The quantitative estimate of drug-likeness (QED) is 0.815. The van der Waals surface area contributed by atoms with Crippen LogP contribution in [0.1, 0.15) is 13.0 Å². The summed E-state index contributed by atoms with van der Waals surface area (Å²) in [6, 6.07) is 6.52. The topological polar surface area (TPSA) is 36.2 Å². The fraction of sp³-hybridized carbons (Fsp3) is 0.250. The third kappa shape index (κ3) is 4.28. The molecule has 0 bridgehead atoms. The monoisotopic (exact) mass is 372 g/mol. The normalized spacial score (nSPS) is 11.9. The molecule has 2 rings (SSSR count). The zero-order valence-corrected chi connectivity index (χ0v) is 15.2. The molecule has 2 aromatic rings. The van der Waals surface area contributed by atoms with Crippen LogP contribution in [0.4, 0.5) is 11.4 Å². The molecule has 0 saturated carbocycles. The third-order valence-corrected chi connectivity index (χ3v) is 4.25. The van der Waals surface area contributed by atoms with Crippen LogP contribution in [0.2, 0.25) is 15.1 Å². The molecule has 1 amide bonds.